The van der Waals surface area contributed by atoms with E-state index in [0.29, 0.717) is 36.8 Å². The Morgan fingerprint density at radius 3 is 2.57 bits per heavy atom. The van der Waals surface area contributed by atoms with Gasteiger partial charge in [0.25, 0.3) is 5.91 Å². The van der Waals surface area contributed by atoms with Crippen molar-refractivity contribution in [3.63, 3.8) is 0 Å². The Bertz CT molecular complexity index is 814. The first-order valence-electron chi connectivity index (χ1n) is 9.72. The predicted molar refractivity (Wildman–Crippen MR) is 104 cm³/mol. The average molecular weight is 404 g/mol. The number of piperazine rings is 1. The fraction of sp³-hybridized carbons (Fsp3) is 0.579. The fourth-order valence-electron chi connectivity index (χ4n) is 4.76. The van der Waals surface area contributed by atoms with E-state index in [2.05, 4.69) is 0 Å². The number of nitro groups is 1. The first-order valence-corrected chi connectivity index (χ1v) is 10.6. The van der Waals surface area contributed by atoms with E-state index in [9.17, 15) is 19.7 Å². The third-order valence-corrected chi connectivity index (χ3v) is 7.02. The summed E-state index contributed by atoms with van der Waals surface area (Å²) in [5.41, 5.74) is 0.324. The molecule has 2 amide bonds. The van der Waals surface area contributed by atoms with Crippen LogP contribution in [-0.2, 0) is 4.79 Å². The molecular weight excluding hydrogens is 380 g/mol. The van der Waals surface area contributed by atoms with E-state index in [1.54, 1.807) is 16.8 Å². The van der Waals surface area contributed by atoms with E-state index in [1.807, 2.05) is 22.4 Å². The molecule has 9 heteroatoms. The molecule has 8 nitrogen and oxygen atoms in total. The molecule has 2 fully saturated rings. The number of likely N-dealkylation sites (N-methyl/N-ethyl adjacent to an activating group) is 1. The minimum atomic E-state index is -0.512. The van der Waals surface area contributed by atoms with E-state index >= 15 is 0 Å². The molecule has 28 heavy (non-hydrogen) atoms. The Morgan fingerprint density at radius 1 is 1.21 bits per heavy atom. The highest BCUT2D eigenvalue weighted by atomic mass is 32.1. The molecule has 2 unspecified atom stereocenters. The van der Waals surface area contributed by atoms with Crippen molar-refractivity contribution in [2.24, 2.45) is 5.92 Å². The van der Waals surface area contributed by atoms with Gasteiger partial charge in [-0.3, -0.25) is 19.7 Å². The second-order valence-electron chi connectivity index (χ2n) is 7.62. The van der Waals surface area contributed by atoms with Crippen LogP contribution in [0.2, 0.25) is 0 Å². The third kappa shape index (κ3) is 3.17. The zero-order valence-corrected chi connectivity index (χ0v) is 16.7. The number of thiophene rings is 1. The van der Waals surface area contributed by atoms with Crippen molar-refractivity contribution in [3.8, 4) is 0 Å². The molecule has 0 spiro atoms. The van der Waals surface area contributed by atoms with Crippen molar-refractivity contribution in [3.05, 3.63) is 43.9 Å². The lowest BCUT2D eigenvalue weighted by molar-refractivity contribution is -0.424. The quantitative estimate of drug-likeness (QED) is 0.568. The zero-order chi connectivity index (χ0) is 19.8. The van der Waals surface area contributed by atoms with Crippen LogP contribution < -0.4 is 0 Å². The molecule has 0 radical (unpaired) electrons. The summed E-state index contributed by atoms with van der Waals surface area (Å²) in [7, 11) is 1.68. The number of carbonyl (C=O) groups excluding carboxylic acids is 2. The van der Waals surface area contributed by atoms with Gasteiger partial charge in [-0.25, -0.2) is 0 Å². The van der Waals surface area contributed by atoms with Gasteiger partial charge in [0.05, 0.1) is 9.80 Å². The fourth-order valence-corrected chi connectivity index (χ4v) is 5.45. The molecule has 3 heterocycles. The summed E-state index contributed by atoms with van der Waals surface area (Å²) < 4.78 is 0. The minimum Gasteiger partial charge on any atom is -0.365 e. The number of hydrogen-bond acceptors (Lipinski definition) is 6. The molecule has 1 aliphatic carbocycles. The van der Waals surface area contributed by atoms with Crippen molar-refractivity contribution in [1.82, 2.24) is 14.7 Å². The van der Waals surface area contributed by atoms with Gasteiger partial charge in [-0.1, -0.05) is 18.9 Å². The van der Waals surface area contributed by atoms with Gasteiger partial charge in [-0.05, 0) is 24.3 Å². The van der Waals surface area contributed by atoms with Crippen LogP contribution in [0.3, 0.4) is 0 Å². The Labute approximate surface area is 167 Å². The zero-order valence-electron chi connectivity index (χ0n) is 15.9. The maximum atomic E-state index is 12.7. The average Bonchev–Trinajstić information content (AvgIpc) is 3.25. The van der Waals surface area contributed by atoms with Gasteiger partial charge in [0.1, 0.15) is 5.70 Å². The van der Waals surface area contributed by atoms with Crippen LogP contribution in [0, 0.1) is 16.0 Å². The molecule has 2 aliphatic heterocycles. The van der Waals surface area contributed by atoms with Gasteiger partial charge >= 0.3 is 11.6 Å². The number of nitrogens with zero attached hydrogens (tertiary/aromatic N) is 4. The number of carbonyl (C=O) groups is 2. The van der Waals surface area contributed by atoms with Crippen LogP contribution in [0.25, 0.3) is 0 Å². The minimum absolute atomic E-state index is 0.00752. The van der Waals surface area contributed by atoms with Gasteiger partial charge in [0.15, 0.2) is 0 Å². The van der Waals surface area contributed by atoms with Gasteiger partial charge in [0, 0.05) is 45.2 Å². The topological polar surface area (TPSA) is 87.0 Å². The maximum Gasteiger partial charge on any atom is 0.352 e. The van der Waals surface area contributed by atoms with E-state index in [1.165, 1.54) is 11.3 Å². The lowest BCUT2D eigenvalue weighted by Gasteiger charge is -2.46. The monoisotopic (exact) mass is 404 g/mol. The standard InChI is InChI=1S/C19H24N4O4S/c1-20-14-6-3-2-5-13(14)16(17(19(20)25)23(26)27)21-8-10-22(11-9-21)18(24)15-7-4-12-28-15/h4,7,12-14H,2-3,5-6,8-11H2,1H3. The molecule has 1 saturated carbocycles. The Balaban J connectivity index is 1.58. The molecule has 0 N–H and O–H groups in total. The van der Waals surface area contributed by atoms with Gasteiger partial charge in [-0.15, -0.1) is 11.3 Å². The molecule has 150 valence electrons. The summed E-state index contributed by atoms with van der Waals surface area (Å²) >= 11 is 1.42. The lowest BCUT2D eigenvalue weighted by Crippen LogP contribution is -2.56. The largest absolute Gasteiger partial charge is 0.365 e. The summed E-state index contributed by atoms with van der Waals surface area (Å²) in [5, 5.41) is 13.7. The normalized spacial score (nSPS) is 25.8. The van der Waals surface area contributed by atoms with E-state index in [0.717, 1.165) is 25.7 Å². The van der Waals surface area contributed by atoms with Crippen molar-refractivity contribution >= 4 is 23.2 Å². The number of rotatable bonds is 3. The lowest BCUT2D eigenvalue weighted by atomic mass is 9.78. The van der Waals surface area contributed by atoms with Crippen LogP contribution in [0.5, 0.6) is 0 Å². The van der Waals surface area contributed by atoms with E-state index in [-0.39, 0.29) is 23.6 Å². The van der Waals surface area contributed by atoms with Crippen molar-refractivity contribution in [2.45, 2.75) is 31.7 Å². The SMILES string of the molecule is CN1C(=O)C([N+](=O)[O-])=C(N2CCN(C(=O)c3cccs3)CC2)C2CCCCC21. The summed E-state index contributed by atoms with van der Waals surface area (Å²) in [6, 6.07) is 3.70. The molecule has 1 saturated heterocycles. The summed E-state index contributed by atoms with van der Waals surface area (Å²) in [5.74, 6) is -0.468. The Morgan fingerprint density at radius 2 is 1.93 bits per heavy atom. The number of amides is 2. The first-order chi connectivity index (χ1) is 13.5. The third-order valence-electron chi connectivity index (χ3n) is 6.17. The van der Waals surface area contributed by atoms with Crippen molar-refractivity contribution < 1.29 is 14.5 Å². The van der Waals surface area contributed by atoms with Crippen LogP contribution in [-0.4, -0.2) is 70.7 Å². The summed E-state index contributed by atoms with van der Waals surface area (Å²) in [4.78, 5) is 42.6. The highest BCUT2D eigenvalue weighted by Gasteiger charge is 2.48. The number of hydrogen-bond donors (Lipinski definition) is 0. The maximum absolute atomic E-state index is 12.7. The smallest absolute Gasteiger partial charge is 0.352 e. The van der Waals surface area contributed by atoms with E-state index < -0.39 is 10.8 Å². The molecule has 4 rings (SSSR count). The second kappa shape index (κ2) is 7.54. The Kier molecular flexibility index (Phi) is 5.09. The van der Waals surface area contributed by atoms with Crippen LogP contribution in [0.15, 0.2) is 28.9 Å². The van der Waals surface area contributed by atoms with Gasteiger partial charge in [0.2, 0.25) is 0 Å². The summed E-state index contributed by atoms with van der Waals surface area (Å²) in [6.45, 7) is 2.05. The molecular formula is C19H24N4O4S. The van der Waals surface area contributed by atoms with Gasteiger partial charge < -0.3 is 14.7 Å². The molecule has 0 bridgehead atoms. The van der Waals surface area contributed by atoms with Crippen molar-refractivity contribution in [1.29, 1.82) is 0 Å². The Hall–Kier alpha value is -2.42. The summed E-state index contributed by atoms with van der Waals surface area (Å²) in [6.07, 6.45) is 3.82. The molecule has 1 aromatic heterocycles. The number of fused-ring (bicyclic) bond motifs is 1. The first kappa shape index (κ1) is 18.9. The van der Waals surface area contributed by atoms with Crippen LogP contribution >= 0.6 is 11.3 Å². The van der Waals surface area contributed by atoms with Crippen LogP contribution in [0.1, 0.15) is 35.4 Å². The molecule has 3 aliphatic rings. The van der Waals surface area contributed by atoms with E-state index in [4.69, 9.17) is 0 Å². The second-order valence-corrected chi connectivity index (χ2v) is 8.57. The van der Waals surface area contributed by atoms with Crippen LogP contribution in [0.4, 0.5) is 0 Å². The highest BCUT2D eigenvalue weighted by Crippen LogP contribution is 2.40. The molecule has 0 aromatic carbocycles. The van der Waals surface area contributed by atoms with Gasteiger partial charge in [-0.2, -0.15) is 0 Å². The highest BCUT2D eigenvalue weighted by molar-refractivity contribution is 7.12. The molecule has 1 aromatic rings. The molecule has 2 atom stereocenters. The predicted octanol–water partition coefficient (Wildman–Crippen LogP) is 2.02. The van der Waals surface area contributed by atoms with Crippen molar-refractivity contribution in [2.75, 3.05) is 33.2 Å².